The summed E-state index contributed by atoms with van der Waals surface area (Å²) in [6.07, 6.45) is 0. The lowest BCUT2D eigenvalue weighted by atomic mass is 10.1. The van der Waals surface area contributed by atoms with E-state index in [0.29, 0.717) is 24.6 Å². The van der Waals surface area contributed by atoms with Crippen LogP contribution in [0.4, 0.5) is 0 Å². The molecule has 2 aromatic rings. The van der Waals surface area contributed by atoms with Crippen molar-refractivity contribution in [2.24, 2.45) is 0 Å². The van der Waals surface area contributed by atoms with E-state index in [1.54, 1.807) is 0 Å². The Morgan fingerprint density at radius 1 is 1.26 bits per heavy atom. The van der Waals surface area contributed by atoms with Crippen molar-refractivity contribution in [1.82, 2.24) is 19.8 Å². The molecule has 23 heavy (non-hydrogen) atoms. The number of aromatic nitrogens is 2. The number of piperazine rings is 1. The van der Waals surface area contributed by atoms with Gasteiger partial charge in [-0.3, -0.25) is 9.69 Å². The van der Waals surface area contributed by atoms with E-state index in [-0.39, 0.29) is 5.15 Å². The lowest BCUT2D eigenvalue weighted by molar-refractivity contribution is -0.144. The highest BCUT2D eigenvalue weighted by Crippen LogP contribution is 2.29. The molecule has 0 saturated carbocycles. The molecule has 0 spiro atoms. The molecule has 1 atom stereocenters. The molecule has 1 aromatic carbocycles. The van der Waals surface area contributed by atoms with Gasteiger partial charge in [-0.05, 0) is 7.05 Å². The monoisotopic (exact) mass is 334 g/mol. The summed E-state index contributed by atoms with van der Waals surface area (Å²) in [5.41, 5.74) is 1.32. The first-order valence-corrected chi connectivity index (χ1v) is 7.90. The Labute approximate surface area is 139 Å². The Morgan fingerprint density at radius 2 is 1.91 bits per heavy atom. The standard InChI is InChI=1S/C16H19ClN4O2/c1-20-7-9-21(10-8-20)13(16(22)23)12-14(17)19-15(18-12)11-5-3-2-4-6-11/h2-6,13H,7-10H2,1H3,(H,18,19)(H,22,23). The molecule has 0 radical (unpaired) electrons. The predicted octanol–water partition coefficient (Wildman–Crippen LogP) is 2.10. The molecule has 1 unspecified atom stereocenters. The van der Waals surface area contributed by atoms with Gasteiger partial charge in [0.2, 0.25) is 0 Å². The Balaban J connectivity index is 1.91. The van der Waals surface area contributed by atoms with Gasteiger partial charge in [-0.2, -0.15) is 0 Å². The topological polar surface area (TPSA) is 72.5 Å². The van der Waals surface area contributed by atoms with Crippen LogP contribution >= 0.6 is 11.6 Å². The Bertz CT molecular complexity index is 681. The first kappa shape index (κ1) is 16.0. The van der Waals surface area contributed by atoms with Gasteiger partial charge in [-0.25, -0.2) is 4.98 Å². The average molecular weight is 335 g/mol. The van der Waals surface area contributed by atoms with E-state index in [9.17, 15) is 9.90 Å². The lowest BCUT2D eigenvalue weighted by Crippen LogP contribution is -2.48. The van der Waals surface area contributed by atoms with E-state index in [1.807, 2.05) is 42.3 Å². The van der Waals surface area contributed by atoms with Crippen LogP contribution in [0.5, 0.6) is 0 Å². The molecule has 6 nitrogen and oxygen atoms in total. The summed E-state index contributed by atoms with van der Waals surface area (Å²) < 4.78 is 0. The maximum atomic E-state index is 11.8. The summed E-state index contributed by atoms with van der Waals surface area (Å²) >= 11 is 6.24. The molecule has 2 heterocycles. The van der Waals surface area contributed by atoms with Crippen LogP contribution in [0.1, 0.15) is 11.7 Å². The van der Waals surface area contributed by atoms with Crippen LogP contribution < -0.4 is 0 Å². The van der Waals surface area contributed by atoms with Gasteiger partial charge < -0.3 is 15.0 Å². The van der Waals surface area contributed by atoms with E-state index in [1.165, 1.54) is 0 Å². The molecule has 7 heteroatoms. The van der Waals surface area contributed by atoms with Crippen molar-refractivity contribution in [1.29, 1.82) is 0 Å². The zero-order chi connectivity index (χ0) is 16.4. The van der Waals surface area contributed by atoms with Crippen molar-refractivity contribution >= 4 is 17.6 Å². The minimum Gasteiger partial charge on any atom is -0.480 e. The van der Waals surface area contributed by atoms with Gasteiger partial charge >= 0.3 is 5.97 Å². The number of halogens is 1. The number of imidazole rings is 1. The number of carboxylic acid groups (broad SMARTS) is 1. The molecular weight excluding hydrogens is 316 g/mol. The van der Waals surface area contributed by atoms with Gasteiger partial charge in [0.15, 0.2) is 11.2 Å². The zero-order valence-electron chi connectivity index (χ0n) is 12.9. The summed E-state index contributed by atoms with van der Waals surface area (Å²) in [7, 11) is 2.03. The molecular formula is C16H19ClN4O2. The summed E-state index contributed by atoms with van der Waals surface area (Å²) in [6.45, 7) is 3.04. The Morgan fingerprint density at radius 3 is 2.52 bits per heavy atom. The molecule has 1 fully saturated rings. The number of carboxylic acids is 1. The second-order valence-electron chi connectivity index (χ2n) is 5.74. The number of hydrogen-bond donors (Lipinski definition) is 2. The third kappa shape index (κ3) is 3.39. The minimum absolute atomic E-state index is 0.218. The summed E-state index contributed by atoms with van der Waals surface area (Å²) in [5.74, 6) is -0.328. The summed E-state index contributed by atoms with van der Waals surface area (Å²) in [5, 5.41) is 9.91. The number of hydrogen-bond acceptors (Lipinski definition) is 4. The molecule has 1 aliphatic rings. The van der Waals surface area contributed by atoms with Crippen molar-refractivity contribution in [3.63, 3.8) is 0 Å². The molecule has 1 aliphatic heterocycles. The first-order valence-electron chi connectivity index (χ1n) is 7.52. The number of benzene rings is 1. The molecule has 1 aromatic heterocycles. The minimum atomic E-state index is -0.917. The van der Waals surface area contributed by atoms with Crippen LogP contribution in [0, 0.1) is 0 Å². The number of nitrogens with zero attached hydrogens (tertiary/aromatic N) is 3. The van der Waals surface area contributed by atoms with E-state index in [2.05, 4.69) is 14.9 Å². The van der Waals surface area contributed by atoms with Crippen molar-refractivity contribution in [2.45, 2.75) is 6.04 Å². The van der Waals surface area contributed by atoms with Gasteiger partial charge in [-0.15, -0.1) is 0 Å². The molecule has 0 bridgehead atoms. The Kier molecular flexibility index (Phi) is 4.66. The van der Waals surface area contributed by atoms with Gasteiger partial charge in [0.05, 0.1) is 5.69 Å². The maximum absolute atomic E-state index is 11.8. The third-order valence-corrected chi connectivity index (χ3v) is 4.43. The van der Waals surface area contributed by atoms with Crippen molar-refractivity contribution in [3.8, 4) is 11.4 Å². The smallest absolute Gasteiger partial charge is 0.327 e. The molecule has 3 rings (SSSR count). The SMILES string of the molecule is CN1CCN(C(C(=O)O)c2[nH]c(-c3ccccc3)nc2Cl)CC1. The molecule has 122 valence electrons. The van der Waals surface area contributed by atoms with E-state index >= 15 is 0 Å². The van der Waals surface area contributed by atoms with E-state index < -0.39 is 12.0 Å². The van der Waals surface area contributed by atoms with Gasteiger partial charge in [0, 0.05) is 31.7 Å². The second kappa shape index (κ2) is 6.70. The highest BCUT2D eigenvalue weighted by molar-refractivity contribution is 6.30. The number of aliphatic carboxylic acids is 1. The highest BCUT2D eigenvalue weighted by Gasteiger charge is 2.33. The normalized spacial score (nSPS) is 18.0. The van der Waals surface area contributed by atoms with Crippen LogP contribution in [-0.4, -0.2) is 64.1 Å². The number of carbonyl (C=O) groups is 1. The first-order chi connectivity index (χ1) is 11.1. The Hall–Kier alpha value is -1.89. The molecule has 0 amide bonds. The molecule has 2 N–H and O–H groups in total. The van der Waals surface area contributed by atoms with Crippen LogP contribution in [-0.2, 0) is 4.79 Å². The lowest BCUT2D eigenvalue weighted by Gasteiger charge is -2.35. The van der Waals surface area contributed by atoms with Crippen LogP contribution in [0.2, 0.25) is 5.15 Å². The largest absolute Gasteiger partial charge is 0.480 e. The van der Waals surface area contributed by atoms with Gasteiger partial charge in [0.25, 0.3) is 0 Å². The fraction of sp³-hybridized carbons (Fsp3) is 0.375. The number of aromatic amines is 1. The zero-order valence-corrected chi connectivity index (χ0v) is 13.6. The fourth-order valence-electron chi connectivity index (χ4n) is 2.82. The van der Waals surface area contributed by atoms with Crippen LogP contribution in [0.15, 0.2) is 30.3 Å². The van der Waals surface area contributed by atoms with Gasteiger partial charge in [0.1, 0.15) is 5.82 Å². The van der Waals surface area contributed by atoms with Crippen LogP contribution in [0.3, 0.4) is 0 Å². The van der Waals surface area contributed by atoms with E-state index in [0.717, 1.165) is 18.7 Å². The molecule has 0 aliphatic carbocycles. The maximum Gasteiger partial charge on any atom is 0.327 e. The quantitative estimate of drug-likeness (QED) is 0.896. The number of H-pyrrole nitrogens is 1. The fourth-order valence-corrected chi connectivity index (χ4v) is 3.06. The summed E-state index contributed by atoms with van der Waals surface area (Å²) in [6, 6.07) is 8.73. The number of nitrogens with one attached hydrogen (secondary N) is 1. The summed E-state index contributed by atoms with van der Waals surface area (Å²) in [4.78, 5) is 23.3. The van der Waals surface area contributed by atoms with Crippen molar-refractivity contribution < 1.29 is 9.90 Å². The van der Waals surface area contributed by atoms with Crippen LogP contribution in [0.25, 0.3) is 11.4 Å². The van der Waals surface area contributed by atoms with Crippen molar-refractivity contribution in [3.05, 3.63) is 41.2 Å². The number of rotatable bonds is 4. The number of likely N-dealkylation sites (N-methyl/N-ethyl adjacent to an activating group) is 1. The highest BCUT2D eigenvalue weighted by atomic mass is 35.5. The third-order valence-electron chi connectivity index (χ3n) is 4.14. The second-order valence-corrected chi connectivity index (χ2v) is 6.09. The average Bonchev–Trinajstić information content (AvgIpc) is 2.92. The predicted molar refractivity (Wildman–Crippen MR) is 88.5 cm³/mol. The van der Waals surface area contributed by atoms with Gasteiger partial charge in [-0.1, -0.05) is 41.9 Å². The molecule has 1 saturated heterocycles. The van der Waals surface area contributed by atoms with Crippen molar-refractivity contribution in [2.75, 3.05) is 33.2 Å². The van der Waals surface area contributed by atoms with E-state index in [4.69, 9.17) is 11.6 Å².